The van der Waals surface area contributed by atoms with Crippen molar-refractivity contribution in [1.82, 2.24) is 10.1 Å². The van der Waals surface area contributed by atoms with Gasteiger partial charge in [-0.1, -0.05) is 11.2 Å². The maximum Gasteiger partial charge on any atom is 0.259 e. The normalized spacial score (nSPS) is 11.0. The first-order valence-electron chi connectivity index (χ1n) is 8.22. The molecule has 3 aromatic heterocycles. The minimum atomic E-state index is -0.249. The number of hydrogen-bond acceptors (Lipinski definition) is 5. The maximum atomic E-state index is 13.0. The van der Waals surface area contributed by atoms with Gasteiger partial charge in [-0.05, 0) is 62.2 Å². The van der Waals surface area contributed by atoms with Gasteiger partial charge in [0.2, 0.25) is 0 Å². The Morgan fingerprint density at radius 2 is 1.85 bits per heavy atom. The van der Waals surface area contributed by atoms with Gasteiger partial charge in [0.1, 0.15) is 5.69 Å². The van der Waals surface area contributed by atoms with Crippen LogP contribution in [0.2, 0.25) is 0 Å². The number of rotatable bonds is 3. The minimum absolute atomic E-state index is 0.249. The van der Waals surface area contributed by atoms with Crippen molar-refractivity contribution in [3.05, 3.63) is 65.0 Å². The van der Waals surface area contributed by atoms with E-state index in [0.717, 1.165) is 16.8 Å². The van der Waals surface area contributed by atoms with Crippen molar-refractivity contribution in [2.24, 2.45) is 0 Å². The molecule has 0 atom stereocenters. The SMILES string of the molecule is Cc1cc(C)cc(NC(=O)c2cc(-c3ccco3)nc3onc(C)c23)c1. The van der Waals surface area contributed by atoms with Crippen LogP contribution in [0, 0.1) is 20.8 Å². The molecule has 0 unspecified atom stereocenters. The molecule has 0 fully saturated rings. The molecule has 0 aliphatic carbocycles. The Labute approximate surface area is 149 Å². The van der Waals surface area contributed by atoms with Crippen molar-refractivity contribution in [1.29, 1.82) is 0 Å². The van der Waals surface area contributed by atoms with E-state index in [9.17, 15) is 4.79 Å². The third kappa shape index (κ3) is 2.86. The number of aryl methyl sites for hydroxylation is 3. The first kappa shape index (κ1) is 16.1. The Kier molecular flexibility index (Phi) is 3.80. The van der Waals surface area contributed by atoms with E-state index in [2.05, 4.69) is 21.5 Å². The second-order valence-electron chi connectivity index (χ2n) is 6.31. The molecule has 0 aliphatic rings. The summed E-state index contributed by atoms with van der Waals surface area (Å²) in [6.07, 6.45) is 1.56. The second-order valence-corrected chi connectivity index (χ2v) is 6.31. The number of hydrogen-bond donors (Lipinski definition) is 1. The number of carbonyl (C=O) groups excluding carboxylic acids is 1. The average Bonchev–Trinajstić information content (AvgIpc) is 3.23. The maximum absolute atomic E-state index is 13.0. The van der Waals surface area contributed by atoms with Crippen LogP contribution in [-0.2, 0) is 0 Å². The molecule has 4 aromatic rings. The quantitative estimate of drug-likeness (QED) is 0.583. The number of pyridine rings is 1. The van der Waals surface area contributed by atoms with Crippen molar-refractivity contribution in [2.45, 2.75) is 20.8 Å². The van der Waals surface area contributed by atoms with E-state index in [0.29, 0.717) is 33.8 Å². The molecule has 3 heterocycles. The number of carbonyl (C=O) groups is 1. The molecule has 6 heteroatoms. The van der Waals surface area contributed by atoms with Crippen molar-refractivity contribution >= 4 is 22.7 Å². The van der Waals surface area contributed by atoms with Gasteiger partial charge in [0.15, 0.2) is 5.76 Å². The van der Waals surface area contributed by atoms with Gasteiger partial charge in [-0.3, -0.25) is 4.79 Å². The lowest BCUT2D eigenvalue weighted by atomic mass is 10.1. The molecule has 1 amide bonds. The number of furan rings is 1. The van der Waals surface area contributed by atoms with Gasteiger partial charge < -0.3 is 14.3 Å². The summed E-state index contributed by atoms with van der Waals surface area (Å²) in [5.41, 5.74) is 4.79. The standard InChI is InChI=1S/C20H17N3O3/c1-11-7-12(2)9-14(8-11)21-19(24)15-10-16(17-5-4-6-25-17)22-20-18(15)13(3)23-26-20/h4-10H,1-3H3,(H,21,24). The van der Waals surface area contributed by atoms with Crippen LogP contribution in [-0.4, -0.2) is 16.0 Å². The van der Waals surface area contributed by atoms with Gasteiger partial charge in [-0.15, -0.1) is 0 Å². The summed E-state index contributed by atoms with van der Waals surface area (Å²) in [6.45, 7) is 5.77. The Morgan fingerprint density at radius 1 is 1.08 bits per heavy atom. The van der Waals surface area contributed by atoms with Gasteiger partial charge in [0.05, 0.1) is 22.9 Å². The third-order valence-corrected chi connectivity index (χ3v) is 4.11. The topological polar surface area (TPSA) is 81.2 Å². The largest absolute Gasteiger partial charge is 0.463 e. The zero-order valence-corrected chi connectivity index (χ0v) is 14.7. The summed E-state index contributed by atoms with van der Waals surface area (Å²) in [5, 5.41) is 7.50. The van der Waals surface area contributed by atoms with E-state index in [1.807, 2.05) is 26.0 Å². The minimum Gasteiger partial charge on any atom is -0.463 e. The highest BCUT2D eigenvalue weighted by Crippen LogP contribution is 2.28. The molecule has 0 radical (unpaired) electrons. The molecule has 1 aromatic carbocycles. The number of benzene rings is 1. The molecule has 0 bridgehead atoms. The van der Waals surface area contributed by atoms with Crippen molar-refractivity contribution in [2.75, 3.05) is 5.32 Å². The van der Waals surface area contributed by atoms with Gasteiger partial charge in [-0.2, -0.15) is 0 Å². The lowest BCUT2D eigenvalue weighted by Gasteiger charge is -2.09. The first-order valence-corrected chi connectivity index (χ1v) is 8.22. The second kappa shape index (κ2) is 6.15. The monoisotopic (exact) mass is 347 g/mol. The number of aromatic nitrogens is 2. The molecule has 4 rings (SSSR count). The van der Waals surface area contributed by atoms with E-state index >= 15 is 0 Å². The number of anilines is 1. The highest BCUT2D eigenvalue weighted by molar-refractivity contribution is 6.13. The van der Waals surface area contributed by atoms with E-state index < -0.39 is 0 Å². The molecule has 1 N–H and O–H groups in total. The summed E-state index contributed by atoms with van der Waals surface area (Å²) >= 11 is 0. The number of nitrogens with zero attached hydrogens (tertiary/aromatic N) is 2. The Morgan fingerprint density at radius 3 is 2.54 bits per heavy atom. The van der Waals surface area contributed by atoms with E-state index in [1.165, 1.54) is 0 Å². The lowest BCUT2D eigenvalue weighted by molar-refractivity contribution is 0.102. The Balaban J connectivity index is 1.81. The summed E-state index contributed by atoms with van der Waals surface area (Å²) in [5.74, 6) is 0.308. The highest BCUT2D eigenvalue weighted by atomic mass is 16.5. The summed E-state index contributed by atoms with van der Waals surface area (Å²) in [4.78, 5) is 17.4. The van der Waals surface area contributed by atoms with Gasteiger partial charge in [-0.25, -0.2) is 4.98 Å². The van der Waals surface area contributed by atoms with Crippen molar-refractivity contribution in [3.8, 4) is 11.5 Å². The zero-order valence-electron chi connectivity index (χ0n) is 14.7. The summed E-state index contributed by atoms with van der Waals surface area (Å²) in [6, 6.07) is 11.2. The fourth-order valence-corrected chi connectivity index (χ4v) is 3.07. The van der Waals surface area contributed by atoms with Crippen LogP contribution in [0.15, 0.2) is 51.6 Å². The average molecular weight is 347 g/mol. The number of fused-ring (bicyclic) bond motifs is 1. The molecule has 6 nitrogen and oxygen atoms in total. The van der Waals surface area contributed by atoms with Gasteiger partial charge in [0, 0.05) is 5.69 Å². The Bertz CT molecular complexity index is 1090. The van der Waals surface area contributed by atoms with Crippen LogP contribution in [0.25, 0.3) is 22.6 Å². The van der Waals surface area contributed by atoms with Crippen LogP contribution in [0.3, 0.4) is 0 Å². The molecular formula is C20H17N3O3. The lowest BCUT2D eigenvalue weighted by Crippen LogP contribution is -2.13. The number of amides is 1. The molecule has 130 valence electrons. The fourth-order valence-electron chi connectivity index (χ4n) is 3.07. The fraction of sp³-hybridized carbons (Fsp3) is 0.150. The van der Waals surface area contributed by atoms with Crippen LogP contribution in [0.4, 0.5) is 5.69 Å². The smallest absolute Gasteiger partial charge is 0.259 e. The number of nitrogens with one attached hydrogen (secondary N) is 1. The third-order valence-electron chi connectivity index (χ3n) is 4.11. The van der Waals surface area contributed by atoms with Gasteiger partial charge in [0.25, 0.3) is 11.6 Å². The van der Waals surface area contributed by atoms with E-state index in [-0.39, 0.29) is 5.91 Å². The van der Waals surface area contributed by atoms with Crippen LogP contribution in [0.1, 0.15) is 27.2 Å². The Hall–Kier alpha value is -3.41. The predicted octanol–water partition coefficient (Wildman–Crippen LogP) is 4.66. The molecule has 0 saturated heterocycles. The zero-order chi connectivity index (χ0) is 18.3. The molecule has 26 heavy (non-hydrogen) atoms. The van der Waals surface area contributed by atoms with Gasteiger partial charge >= 0.3 is 0 Å². The summed E-state index contributed by atoms with van der Waals surface area (Å²) < 4.78 is 10.7. The first-order chi connectivity index (χ1) is 12.5. The van der Waals surface area contributed by atoms with Crippen molar-refractivity contribution in [3.63, 3.8) is 0 Å². The summed E-state index contributed by atoms with van der Waals surface area (Å²) in [7, 11) is 0. The van der Waals surface area contributed by atoms with Crippen LogP contribution in [0.5, 0.6) is 0 Å². The molecule has 0 spiro atoms. The van der Waals surface area contributed by atoms with Crippen molar-refractivity contribution < 1.29 is 13.7 Å². The van der Waals surface area contributed by atoms with Crippen LogP contribution >= 0.6 is 0 Å². The molecule has 0 aliphatic heterocycles. The molecular weight excluding hydrogens is 330 g/mol. The highest BCUT2D eigenvalue weighted by Gasteiger charge is 2.20. The van der Waals surface area contributed by atoms with Crippen LogP contribution < -0.4 is 5.32 Å². The predicted molar refractivity (Wildman–Crippen MR) is 98.1 cm³/mol. The van der Waals surface area contributed by atoms with E-state index in [1.54, 1.807) is 31.4 Å². The molecule has 0 saturated carbocycles. The van der Waals surface area contributed by atoms with E-state index in [4.69, 9.17) is 8.94 Å².